The molecule has 0 amide bonds. The highest BCUT2D eigenvalue weighted by Crippen LogP contribution is 2.36. The van der Waals surface area contributed by atoms with Crippen molar-refractivity contribution in [1.29, 1.82) is 0 Å². The number of hydrogen-bond donors (Lipinski definition) is 0. The van der Waals surface area contributed by atoms with Crippen LogP contribution in [0.5, 0.6) is 11.5 Å². The van der Waals surface area contributed by atoms with E-state index in [4.69, 9.17) is 4.74 Å². The lowest BCUT2D eigenvalue weighted by atomic mass is 10.1. The van der Waals surface area contributed by atoms with Crippen molar-refractivity contribution in [2.45, 2.75) is 6.17 Å². The summed E-state index contributed by atoms with van der Waals surface area (Å²) in [5.41, 5.74) is 4.13. The van der Waals surface area contributed by atoms with Crippen LogP contribution in [0, 0.1) is 0 Å². The Bertz CT molecular complexity index is 1700. The molecule has 0 bridgehead atoms. The van der Waals surface area contributed by atoms with Gasteiger partial charge < -0.3 is 14.5 Å². The number of rotatable bonds is 4. The first-order chi connectivity index (χ1) is 17.8. The second kappa shape index (κ2) is 8.13. The predicted molar refractivity (Wildman–Crippen MR) is 143 cm³/mol. The summed E-state index contributed by atoms with van der Waals surface area (Å²) in [7, 11) is 2.10. The first kappa shape index (κ1) is 20.5. The lowest BCUT2D eigenvalue weighted by Crippen LogP contribution is -2.33. The molecule has 1 atom stereocenters. The number of hydrogen-bond acceptors (Lipinski definition) is 5. The van der Waals surface area contributed by atoms with Gasteiger partial charge in [0.2, 0.25) is 0 Å². The molecule has 2 aliphatic rings. The van der Waals surface area contributed by atoms with Gasteiger partial charge in [-0.25, -0.2) is 9.97 Å². The molecule has 174 valence electrons. The highest BCUT2D eigenvalue weighted by molar-refractivity contribution is 6.08. The van der Waals surface area contributed by atoms with E-state index in [1.54, 1.807) is 6.20 Å². The number of ether oxygens (including phenoxy) is 1. The van der Waals surface area contributed by atoms with Crippen molar-refractivity contribution < 1.29 is 4.74 Å². The third-order valence-corrected chi connectivity index (χ3v) is 6.69. The molecule has 3 aromatic heterocycles. The van der Waals surface area contributed by atoms with Crippen molar-refractivity contribution in [3.05, 3.63) is 121 Å². The number of nitrogens with zero attached hydrogens (tertiary/aromatic N) is 5. The Morgan fingerprint density at radius 3 is 2.64 bits per heavy atom. The zero-order chi connectivity index (χ0) is 24.1. The zero-order valence-corrected chi connectivity index (χ0v) is 19.7. The molecule has 6 nitrogen and oxygen atoms in total. The maximum absolute atomic E-state index is 6.39. The molecule has 0 saturated heterocycles. The smallest absolute Gasteiger partial charge is 0.146 e. The quantitative estimate of drug-likeness (QED) is 0.308. The Balaban J connectivity index is 1.28. The Morgan fingerprint density at radius 1 is 0.806 bits per heavy atom. The number of pyridine rings is 2. The van der Waals surface area contributed by atoms with Gasteiger partial charge in [-0.1, -0.05) is 24.3 Å². The van der Waals surface area contributed by atoms with E-state index in [0.717, 1.165) is 50.5 Å². The van der Waals surface area contributed by atoms with Crippen LogP contribution in [0.2, 0.25) is 0 Å². The molecule has 0 radical (unpaired) electrons. The van der Waals surface area contributed by atoms with Crippen molar-refractivity contribution in [2.24, 2.45) is 0 Å². The summed E-state index contributed by atoms with van der Waals surface area (Å²) in [5.74, 6) is 2.37. The van der Waals surface area contributed by atoms with Gasteiger partial charge in [-0.05, 0) is 60.7 Å². The molecule has 7 rings (SSSR count). The molecule has 5 heterocycles. The SMILES string of the molecule is CN1C=C(c2cccc(Oc3ccc4c5cccnc5n(-c5ccccn5)c4c3)c2)N2C=CC=CC12. The molecule has 1 unspecified atom stereocenters. The molecule has 5 aromatic rings. The summed E-state index contributed by atoms with van der Waals surface area (Å²) in [6, 6.07) is 24.4. The van der Waals surface area contributed by atoms with Gasteiger partial charge >= 0.3 is 0 Å². The Labute approximate surface area is 208 Å². The van der Waals surface area contributed by atoms with Gasteiger partial charge in [0.15, 0.2) is 0 Å². The number of allylic oxidation sites excluding steroid dienone is 2. The highest BCUT2D eigenvalue weighted by atomic mass is 16.5. The van der Waals surface area contributed by atoms with Crippen molar-refractivity contribution in [1.82, 2.24) is 24.3 Å². The Kier molecular flexibility index (Phi) is 4.64. The normalized spacial score (nSPS) is 16.6. The second-order valence-corrected chi connectivity index (χ2v) is 8.93. The van der Waals surface area contributed by atoms with Crippen molar-refractivity contribution in [2.75, 3.05) is 7.05 Å². The second-order valence-electron chi connectivity index (χ2n) is 8.93. The van der Waals surface area contributed by atoms with E-state index in [1.807, 2.05) is 48.7 Å². The summed E-state index contributed by atoms with van der Waals surface area (Å²) in [6.07, 6.45) is 14.5. The molecule has 0 aliphatic carbocycles. The van der Waals surface area contributed by atoms with Gasteiger partial charge in [0.1, 0.15) is 29.1 Å². The maximum Gasteiger partial charge on any atom is 0.146 e. The highest BCUT2D eigenvalue weighted by Gasteiger charge is 2.28. The van der Waals surface area contributed by atoms with Crippen LogP contribution in [0.4, 0.5) is 0 Å². The van der Waals surface area contributed by atoms with Crippen LogP contribution in [0.1, 0.15) is 5.56 Å². The minimum Gasteiger partial charge on any atom is -0.457 e. The van der Waals surface area contributed by atoms with E-state index >= 15 is 0 Å². The fourth-order valence-electron chi connectivity index (χ4n) is 5.06. The third kappa shape index (κ3) is 3.26. The molecule has 2 aromatic carbocycles. The molecule has 0 saturated carbocycles. The van der Waals surface area contributed by atoms with Gasteiger partial charge in [0, 0.05) is 54.2 Å². The molecule has 36 heavy (non-hydrogen) atoms. The van der Waals surface area contributed by atoms with Crippen LogP contribution < -0.4 is 4.74 Å². The maximum atomic E-state index is 6.39. The fourth-order valence-corrected chi connectivity index (χ4v) is 5.06. The molecule has 0 fully saturated rings. The van der Waals surface area contributed by atoms with Gasteiger partial charge in [-0.2, -0.15) is 0 Å². The number of aromatic nitrogens is 3. The Morgan fingerprint density at radius 2 is 1.72 bits per heavy atom. The first-order valence-electron chi connectivity index (χ1n) is 11.9. The summed E-state index contributed by atoms with van der Waals surface area (Å²) < 4.78 is 8.48. The van der Waals surface area contributed by atoms with Crippen LogP contribution >= 0.6 is 0 Å². The van der Waals surface area contributed by atoms with Gasteiger partial charge in [-0.3, -0.25) is 4.57 Å². The molecule has 2 aliphatic heterocycles. The topological polar surface area (TPSA) is 46.4 Å². The molecule has 6 heteroatoms. The van der Waals surface area contributed by atoms with Crippen LogP contribution in [0.15, 0.2) is 116 Å². The van der Waals surface area contributed by atoms with Gasteiger partial charge in [-0.15, -0.1) is 0 Å². The van der Waals surface area contributed by atoms with Crippen molar-refractivity contribution in [3.8, 4) is 17.3 Å². The summed E-state index contributed by atoms with van der Waals surface area (Å²) in [6.45, 7) is 0. The van der Waals surface area contributed by atoms with E-state index in [-0.39, 0.29) is 6.17 Å². The van der Waals surface area contributed by atoms with Crippen LogP contribution in [0.3, 0.4) is 0 Å². The van der Waals surface area contributed by atoms with E-state index in [1.165, 1.54) is 0 Å². The lowest BCUT2D eigenvalue weighted by molar-refractivity contribution is 0.282. The summed E-state index contributed by atoms with van der Waals surface area (Å²) in [4.78, 5) is 13.7. The molecule has 0 N–H and O–H groups in total. The van der Waals surface area contributed by atoms with Crippen LogP contribution in [-0.2, 0) is 0 Å². The minimum atomic E-state index is 0.208. The zero-order valence-electron chi connectivity index (χ0n) is 19.7. The van der Waals surface area contributed by atoms with Crippen molar-refractivity contribution in [3.63, 3.8) is 0 Å². The minimum absolute atomic E-state index is 0.208. The first-order valence-corrected chi connectivity index (χ1v) is 11.9. The van der Waals surface area contributed by atoms with Crippen LogP contribution in [-0.4, -0.2) is 37.5 Å². The summed E-state index contributed by atoms with van der Waals surface area (Å²) in [5, 5.41) is 2.20. The molecular weight excluding hydrogens is 446 g/mol. The van der Waals surface area contributed by atoms with Crippen LogP contribution in [0.25, 0.3) is 33.5 Å². The fraction of sp³-hybridized carbons (Fsp3) is 0.0667. The summed E-state index contributed by atoms with van der Waals surface area (Å²) >= 11 is 0. The van der Waals surface area contributed by atoms with E-state index in [2.05, 4.69) is 92.3 Å². The third-order valence-electron chi connectivity index (χ3n) is 6.69. The predicted octanol–water partition coefficient (Wildman–Crippen LogP) is 6.32. The van der Waals surface area contributed by atoms with Gasteiger partial charge in [0.05, 0.1) is 11.2 Å². The number of likely N-dealkylation sites (N-methyl/N-ethyl adjacent to an activating group) is 1. The standard InChI is InChI=1S/C30H23N5O/c1-33-20-27(34-17-5-3-12-29(33)34)21-8-6-9-22(18-21)36-23-13-14-24-25-10-7-16-32-30(25)35(26(24)19-23)28-11-2-4-15-31-28/h2-20,29H,1H3. The van der Waals surface area contributed by atoms with Crippen molar-refractivity contribution >= 4 is 27.6 Å². The molecular formula is C30H23N5O. The van der Waals surface area contributed by atoms with E-state index in [9.17, 15) is 0 Å². The monoisotopic (exact) mass is 469 g/mol. The lowest BCUT2D eigenvalue weighted by Gasteiger charge is -2.29. The average Bonchev–Trinajstić information content (AvgIpc) is 3.44. The number of benzene rings is 2. The van der Waals surface area contributed by atoms with Gasteiger partial charge in [0.25, 0.3) is 0 Å². The van der Waals surface area contributed by atoms with E-state index in [0.29, 0.717) is 0 Å². The van der Waals surface area contributed by atoms with E-state index < -0.39 is 0 Å². The number of fused-ring (bicyclic) bond motifs is 4. The largest absolute Gasteiger partial charge is 0.457 e. The average molecular weight is 470 g/mol. The Hall–Kier alpha value is -4.84. The molecule has 0 spiro atoms.